The van der Waals surface area contributed by atoms with Gasteiger partial charge < -0.3 is 4.74 Å². The zero-order valence-electron chi connectivity index (χ0n) is 9.87. The summed E-state index contributed by atoms with van der Waals surface area (Å²) in [4.78, 5) is 10.7. The minimum Gasteiger partial charge on any atom is -0.490 e. The lowest BCUT2D eigenvalue weighted by molar-refractivity contribution is 0.111. The van der Waals surface area contributed by atoms with Gasteiger partial charge in [0.2, 0.25) is 0 Å². The van der Waals surface area contributed by atoms with Gasteiger partial charge in [-0.3, -0.25) is 4.79 Å². The lowest BCUT2D eigenvalue weighted by Gasteiger charge is -2.16. The van der Waals surface area contributed by atoms with Crippen LogP contribution >= 0.6 is 0 Å². The average Bonchev–Trinajstić information content (AvgIpc) is 2.31. The summed E-state index contributed by atoms with van der Waals surface area (Å²) in [7, 11) is 0. The first kappa shape index (κ1) is 13.2. The molecule has 0 N–H and O–H groups in total. The van der Waals surface area contributed by atoms with E-state index in [9.17, 15) is 9.18 Å². The van der Waals surface area contributed by atoms with Crippen LogP contribution in [0.25, 0.3) is 0 Å². The van der Waals surface area contributed by atoms with Gasteiger partial charge in [0.15, 0.2) is 17.9 Å². The fraction of sp³-hybridized carbons (Fsp3) is 0.385. The Morgan fingerprint density at radius 2 is 2.24 bits per heavy atom. The third-order valence-electron chi connectivity index (χ3n) is 2.40. The van der Waals surface area contributed by atoms with E-state index in [0.29, 0.717) is 12.7 Å². The summed E-state index contributed by atoms with van der Waals surface area (Å²) >= 11 is 0. The van der Waals surface area contributed by atoms with E-state index in [4.69, 9.17) is 10.00 Å². The Labute approximate surface area is 99.8 Å². The van der Waals surface area contributed by atoms with Gasteiger partial charge in [-0.05, 0) is 32.4 Å². The number of carbonyl (C=O) groups is 1. The second-order valence-electron chi connectivity index (χ2n) is 4.37. The topological polar surface area (TPSA) is 50.1 Å². The SMILES string of the molecule is CC(C)(C#N)CCOc1c(F)cccc1C=O. The first-order valence-electron chi connectivity index (χ1n) is 5.28. The van der Waals surface area contributed by atoms with Gasteiger partial charge in [-0.25, -0.2) is 4.39 Å². The standard InChI is InChI=1S/C13H14FNO2/c1-13(2,9-15)6-7-17-12-10(8-16)4-3-5-11(12)14/h3-5,8H,6-7H2,1-2H3. The van der Waals surface area contributed by atoms with Crippen molar-refractivity contribution >= 4 is 6.29 Å². The number of carbonyl (C=O) groups excluding carboxylic acids is 1. The highest BCUT2D eigenvalue weighted by atomic mass is 19.1. The van der Waals surface area contributed by atoms with Crippen molar-refractivity contribution in [3.05, 3.63) is 29.6 Å². The molecule has 17 heavy (non-hydrogen) atoms. The molecule has 0 saturated heterocycles. The molecule has 0 aliphatic rings. The molecule has 4 heteroatoms. The number of benzene rings is 1. The highest BCUT2D eigenvalue weighted by Gasteiger charge is 2.17. The van der Waals surface area contributed by atoms with Crippen molar-refractivity contribution < 1.29 is 13.9 Å². The first-order chi connectivity index (χ1) is 8.00. The number of hydrogen-bond acceptors (Lipinski definition) is 3. The number of nitriles is 1. The summed E-state index contributed by atoms with van der Waals surface area (Å²) in [5.41, 5.74) is -0.341. The summed E-state index contributed by atoms with van der Waals surface area (Å²) in [6.45, 7) is 3.75. The number of ether oxygens (including phenoxy) is 1. The minimum absolute atomic E-state index is 0.0451. The van der Waals surface area contributed by atoms with E-state index in [1.165, 1.54) is 18.2 Å². The number of hydrogen-bond donors (Lipinski definition) is 0. The highest BCUT2D eigenvalue weighted by molar-refractivity contribution is 5.79. The van der Waals surface area contributed by atoms with Gasteiger partial charge in [-0.2, -0.15) is 5.26 Å². The van der Waals surface area contributed by atoms with Crippen molar-refractivity contribution in [2.75, 3.05) is 6.61 Å². The number of aldehydes is 1. The molecule has 0 aliphatic carbocycles. The average molecular weight is 235 g/mol. The molecule has 0 saturated carbocycles. The normalized spacial score (nSPS) is 10.7. The maximum Gasteiger partial charge on any atom is 0.165 e. The zero-order chi connectivity index (χ0) is 12.9. The monoisotopic (exact) mass is 235 g/mol. The highest BCUT2D eigenvalue weighted by Crippen LogP contribution is 2.23. The number of rotatable bonds is 5. The molecule has 0 aromatic heterocycles. The molecule has 0 atom stereocenters. The minimum atomic E-state index is -0.565. The van der Waals surface area contributed by atoms with E-state index < -0.39 is 11.2 Å². The predicted molar refractivity (Wildman–Crippen MR) is 61.3 cm³/mol. The van der Waals surface area contributed by atoms with Crippen LogP contribution in [-0.2, 0) is 0 Å². The second kappa shape index (κ2) is 5.44. The van der Waals surface area contributed by atoms with Crippen LogP contribution in [0.5, 0.6) is 5.75 Å². The van der Waals surface area contributed by atoms with Crippen LogP contribution in [0.15, 0.2) is 18.2 Å². The Hall–Kier alpha value is -1.89. The molecule has 0 spiro atoms. The van der Waals surface area contributed by atoms with Crippen molar-refractivity contribution in [1.29, 1.82) is 5.26 Å². The Bertz CT molecular complexity index is 449. The van der Waals surface area contributed by atoms with Crippen LogP contribution in [0.2, 0.25) is 0 Å². The summed E-state index contributed by atoms with van der Waals surface area (Å²) in [6, 6.07) is 6.30. The molecule has 0 unspecified atom stereocenters. The summed E-state index contributed by atoms with van der Waals surface area (Å²) in [5.74, 6) is -0.611. The van der Waals surface area contributed by atoms with Gasteiger partial charge in [-0.15, -0.1) is 0 Å². The smallest absolute Gasteiger partial charge is 0.165 e. The largest absolute Gasteiger partial charge is 0.490 e. The molecule has 0 bridgehead atoms. The van der Waals surface area contributed by atoms with Crippen LogP contribution in [0.1, 0.15) is 30.6 Å². The summed E-state index contributed by atoms with van der Waals surface area (Å²) in [6.07, 6.45) is 1.02. The molecule has 1 aromatic rings. The molecule has 1 aromatic carbocycles. The van der Waals surface area contributed by atoms with E-state index in [1.807, 2.05) is 0 Å². The molecule has 3 nitrogen and oxygen atoms in total. The molecule has 0 radical (unpaired) electrons. The number of halogens is 1. The van der Waals surface area contributed by atoms with Crippen molar-refractivity contribution in [3.63, 3.8) is 0 Å². The Balaban J connectivity index is 2.70. The molecule has 0 amide bonds. The molecule has 1 rings (SSSR count). The van der Waals surface area contributed by atoms with Crippen LogP contribution in [0.3, 0.4) is 0 Å². The lowest BCUT2D eigenvalue weighted by atomic mass is 9.92. The molecular weight excluding hydrogens is 221 g/mol. The second-order valence-corrected chi connectivity index (χ2v) is 4.37. The summed E-state index contributed by atoms with van der Waals surface area (Å²) in [5, 5.41) is 8.81. The van der Waals surface area contributed by atoms with Crippen LogP contribution < -0.4 is 4.74 Å². The van der Waals surface area contributed by atoms with Gasteiger partial charge in [0.05, 0.1) is 23.7 Å². The molecule has 90 valence electrons. The van der Waals surface area contributed by atoms with Crippen molar-refractivity contribution in [2.24, 2.45) is 5.41 Å². The molecular formula is C13H14FNO2. The predicted octanol–water partition coefficient (Wildman–Crippen LogP) is 2.96. The van der Waals surface area contributed by atoms with E-state index in [-0.39, 0.29) is 17.9 Å². The van der Waals surface area contributed by atoms with E-state index in [0.717, 1.165) is 0 Å². The molecule has 0 heterocycles. The molecule has 0 fully saturated rings. The maximum atomic E-state index is 13.4. The van der Waals surface area contributed by atoms with Gasteiger partial charge in [0.25, 0.3) is 0 Å². The Morgan fingerprint density at radius 1 is 1.53 bits per heavy atom. The van der Waals surface area contributed by atoms with Crippen LogP contribution in [0.4, 0.5) is 4.39 Å². The van der Waals surface area contributed by atoms with Gasteiger partial charge >= 0.3 is 0 Å². The fourth-order valence-corrected chi connectivity index (χ4v) is 1.23. The number of para-hydroxylation sites is 1. The quantitative estimate of drug-likeness (QED) is 0.737. The van der Waals surface area contributed by atoms with Crippen LogP contribution in [-0.4, -0.2) is 12.9 Å². The third kappa shape index (κ3) is 3.56. The first-order valence-corrected chi connectivity index (χ1v) is 5.28. The van der Waals surface area contributed by atoms with Crippen molar-refractivity contribution in [2.45, 2.75) is 20.3 Å². The van der Waals surface area contributed by atoms with E-state index in [1.54, 1.807) is 13.8 Å². The number of nitrogens with zero attached hydrogens (tertiary/aromatic N) is 1. The van der Waals surface area contributed by atoms with Gasteiger partial charge in [0.1, 0.15) is 0 Å². The van der Waals surface area contributed by atoms with Crippen molar-refractivity contribution in [3.8, 4) is 11.8 Å². The fourth-order valence-electron chi connectivity index (χ4n) is 1.23. The van der Waals surface area contributed by atoms with E-state index in [2.05, 4.69) is 6.07 Å². The van der Waals surface area contributed by atoms with Gasteiger partial charge in [0, 0.05) is 0 Å². The molecule has 0 aliphatic heterocycles. The maximum absolute atomic E-state index is 13.4. The van der Waals surface area contributed by atoms with Gasteiger partial charge in [-0.1, -0.05) is 6.07 Å². The zero-order valence-corrected chi connectivity index (χ0v) is 9.87. The third-order valence-corrected chi connectivity index (χ3v) is 2.40. The Morgan fingerprint density at radius 3 is 2.82 bits per heavy atom. The Kier molecular flexibility index (Phi) is 4.22. The lowest BCUT2D eigenvalue weighted by Crippen LogP contribution is -2.14. The summed E-state index contributed by atoms with van der Waals surface area (Å²) < 4.78 is 18.6. The van der Waals surface area contributed by atoms with Crippen LogP contribution in [0, 0.1) is 22.6 Å². The van der Waals surface area contributed by atoms with Crippen molar-refractivity contribution in [1.82, 2.24) is 0 Å². The van der Waals surface area contributed by atoms with E-state index >= 15 is 0 Å².